The molecular formula is C13H11ClN2O4. The number of aromatic carboxylic acids is 1. The highest BCUT2D eigenvalue weighted by Crippen LogP contribution is 2.16. The van der Waals surface area contributed by atoms with E-state index in [1.807, 2.05) is 0 Å². The molecule has 2 rings (SSSR count). The Labute approximate surface area is 119 Å². The highest BCUT2D eigenvalue weighted by atomic mass is 35.5. The van der Waals surface area contributed by atoms with Crippen LogP contribution in [0.3, 0.4) is 0 Å². The molecule has 104 valence electrons. The SMILES string of the molecule is O=C(O)Cc1[nH]c(Cc2ccc(C(=O)O)cc2)nc1Cl. The average molecular weight is 295 g/mol. The number of H-pyrrole nitrogens is 1. The molecule has 7 heteroatoms. The predicted molar refractivity (Wildman–Crippen MR) is 71.1 cm³/mol. The van der Waals surface area contributed by atoms with Crippen LogP contribution in [0.5, 0.6) is 0 Å². The van der Waals surface area contributed by atoms with E-state index in [4.69, 9.17) is 21.8 Å². The fourth-order valence-corrected chi connectivity index (χ4v) is 1.97. The Morgan fingerprint density at radius 2 is 1.85 bits per heavy atom. The number of halogens is 1. The van der Waals surface area contributed by atoms with E-state index in [9.17, 15) is 9.59 Å². The number of aromatic nitrogens is 2. The zero-order valence-electron chi connectivity index (χ0n) is 10.3. The molecule has 0 fully saturated rings. The molecule has 0 bridgehead atoms. The van der Waals surface area contributed by atoms with Crippen LogP contribution in [0.25, 0.3) is 0 Å². The number of hydrogen-bond donors (Lipinski definition) is 3. The molecule has 0 unspecified atom stereocenters. The number of carboxylic acid groups (broad SMARTS) is 2. The smallest absolute Gasteiger partial charge is 0.335 e. The van der Waals surface area contributed by atoms with Crippen molar-refractivity contribution < 1.29 is 19.8 Å². The molecule has 6 nitrogen and oxygen atoms in total. The second-order valence-corrected chi connectivity index (χ2v) is 4.56. The number of nitrogens with zero attached hydrogens (tertiary/aromatic N) is 1. The van der Waals surface area contributed by atoms with Crippen LogP contribution < -0.4 is 0 Å². The maximum atomic E-state index is 10.7. The molecule has 0 saturated heterocycles. The molecule has 0 aliphatic rings. The van der Waals surface area contributed by atoms with Crippen molar-refractivity contribution >= 4 is 23.5 Å². The summed E-state index contributed by atoms with van der Waals surface area (Å²) in [5, 5.41) is 17.7. The summed E-state index contributed by atoms with van der Waals surface area (Å²) < 4.78 is 0. The van der Waals surface area contributed by atoms with Gasteiger partial charge < -0.3 is 15.2 Å². The maximum Gasteiger partial charge on any atom is 0.335 e. The fraction of sp³-hybridized carbons (Fsp3) is 0.154. The number of carbonyl (C=O) groups is 2. The van der Waals surface area contributed by atoms with Crippen molar-refractivity contribution in [3.8, 4) is 0 Å². The van der Waals surface area contributed by atoms with Crippen molar-refractivity contribution in [3.63, 3.8) is 0 Å². The van der Waals surface area contributed by atoms with Gasteiger partial charge in [0.05, 0.1) is 17.7 Å². The van der Waals surface area contributed by atoms with E-state index < -0.39 is 11.9 Å². The van der Waals surface area contributed by atoms with E-state index in [0.29, 0.717) is 17.9 Å². The Bertz CT molecular complexity index is 649. The van der Waals surface area contributed by atoms with Gasteiger partial charge in [-0.25, -0.2) is 9.78 Å². The number of imidazole rings is 1. The molecule has 20 heavy (non-hydrogen) atoms. The summed E-state index contributed by atoms with van der Waals surface area (Å²) in [7, 11) is 0. The molecule has 3 N–H and O–H groups in total. The maximum absolute atomic E-state index is 10.7. The van der Waals surface area contributed by atoms with E-state index >= 15 is 0 Å². The van der Waals surface area contributed by atoms with Crippen molar-refractivity contribution in [2.45, 2.75) is 12.8 Å². The van der Waals surface area contributed by atoms with Gasteiger partial charge in [0.25, 0.3) is 0 Å². The number of benzene rings is 1. The minimum atomic E-state index is -0.993. The van der Waals surface area contributed by atoms with Crippen LogP contribution >= 0.6 is 11.6 Å². The van der Waals surface area contributed by atoms with Crippen LogP contribution in [0.4, 0.5) is 0 Å². The number of nitrogens with one attached hydrogen (secondary N) is 1. The van der Waals surface area contributed by atoms with Gasteiger partial charge in [-0.3, -0.25) is 4.79 Å². The highest BCUT2D eigenvalue weighted by molar-refractivity contribution is 6.30. The molecule has 0 aliphatic carbocycles. The number of rotatable bonds is 5. The van der Waals surface area contributed by atoms with Gasteiger partial charge in [0.15, 0.2) is 5.15 Å². The molecule has 2 aromatic rings. The Kier molecular flexibility index (Phi) is 4.05. The average Bonchev–Trinajstić information content (AvgIpc) is 2.69. The molecule has 1 aromatic heterocycles. The van der Waals surface area contributed by atoms with Crippen LogP contribution in [0, 0.1) is 0 Å². The van der Waals surface area contributed by atoms with Crippen molar-refractivity contribution in [3.05, 3.63) is 52.1 Å². The first-order valence-electron chi connectivity index (χ1n) is 5.73. The van der Waals surface area contributed by atoms with Gasteiger partial charge in [-0.15, -0.1) is 0 Å². The third-order valence-electron chi connectivity index (χ3n) is 2.68. The summed E-state index contributed by atoms with van der Waals surface area (Å²) in [5.74, 6) is -1.44. The van der Waals surface area contributed by atoms with Crippen LogP contribution in [0.15, 0.2) is 24.3 Å². The van der Waals surface area contributed by atoms with E-state index in [1.54, 1.807) is 12.1 Å². The second kappa shape index (κ2) is 5.75. The summed E-state index contributed by atoms with van der Waals surface area (Å²) >= 11 is 5.84. The van der Waals surface area contributed by atoms with Gasteiger partial charge in [0, 0.05) is 6.42 Å². The first-order chi connectivity index (χ1) is 9.45. The number of hydrogen-bond acceptors (Lipinski definition) is 3. The number of carboxylic acids is 2. The lowest BCUT2D eigenvalue weighted by molar-refractivity contribution is -0.136. The summed E-state index contributed by atoms with van der Waals surface area (Å²) in [6.07, 6.45) is 0.197. The molecule has 0 saturated carbocycles. The molecule has 0 spiro atoms. The Morgan fingerprint density at radius 3 is 2.40 bits per heavy atom. The largest absolute Gasteiger partial charge is 0.481 e. The highest BCUT2D eigenvalue weighted by Gasteiger charge is 2.12. The first-order valence-corrected chi connectivity index (χ1v) is 6.11. The van der Waals surface area contributed by atoms with Crippen LogP contribution in [-0.2, 0) is 17.6 Å². The lowest BCUT2D eigenvalue weighted by atomic mass is 10.1. The zero-order valence-corrected chi connectivity index (χ0v) is 11.0. The van der Waals surface area contributed by atoms with Crippen molar-refractivity contribution in [1.82, 2.24) is 9.97 Å². The van der Waals surface area contributed by atoms with Gasteiger partial charge in [-0.05, 0) is 17.7 Å². The Balaban J connectivity index is 2.13. The third-order valence-corrected chi connectivity index (χ3v) is 2.99. The third kappa shape index (κ3) is 3.36. The van der Waals surface area contributed by atoms with E-state index in [1.165, 1.54) is 12.1 Å². The van der Waals surface area contributed by atoms with Crippen molar-refractivity contribution in [1.29, 1.82) is 0 Å². The van der Waals surface area contributed by atoms with Gasteiger partial charge >= 0.3 is 11.9 Å². The van der Waals surface area contributed by atoms with Gasteiger partial charge in [-0.2, -0.15) is 0 Å². The molecule has 0 amide bonds. The molecule has 0 atom stereocenters. The van der Waals surface area contributed by atoms with Gasteiger partial charge in [-0.1, -0.05) is 23.7 Å². The number of aliphatic carboxylic acids is 1. The normalized spacial score (nSPS) is 10.4. The van der Waals surface area contributed by atoms with Crippen LogP contribution in [0.1, 0.15) is 27.4 Å². The number of aromatic amines is 1. The molecule has 0 aliphatic heterocycles. The predicted octanol–water partition coefficient (Wildman–Crippen LogP) is 1.98. The zero-order chi connectivity index (χ0) is 14.7. The fourth-order valence-electron chi connectivity index (χ4n) is 1.75. The van der Waals surface area contributed by atoms with Crippen molar-refractivity contribution in [2.24, 2.45) is 0 Å². The Hall–Kier alpha value is -2.34. The first kappa shape index (κ1) is 14.1. The van der Waals surface area contributed by atoms with Gasteiger partial charge in [0.2, 0.25) is 0 Å². The second-order valence-electron chi connectivity index (χ2n) is 4.20. The van der Waals surface area contributed by atoms with E-state index in [-0.39, 0.29) is 17.1 Å². The summed E-state index contributed by atoms with van der Waals surface area (Å²) in [4.78, 5) is 28.3. The molecule has 1 heterocycles. The lowest BCUT2D eigenvalue weighted by Crippen LogP contribution is -2.01. The minimum absolute atomic E-state index is 0.143. The van der Waals surface area contributed by atoms with Crippen LogP contribution in [0.2, 0.25) is 5.15 Å². The summed E-state index contributed by atoms with van der Waals surface area (Å²) in [6.45, 7) is 0. The summed E-state index contributed by atoms with van der Waals surface area (Å²) in [6, 6.07) is 6.36. The van der Waals surface area contributed by atoms with Crippen LogP contribution in [-0.4, -0.2) is 32.1 Å². The standard InChI is InChI=1S/C13H11ClN2O4/c14-12-9(6-11(17)18)15-10(16-12)5-7-1-3-8(4-2-7)13(19)20/h1-4H,5-6H2,(H,15,16)(H,17,18)(H,19,20). The topological polar surface area (TPSA) is 103 Å². The van der Waals surface area contributed by atoms with Gasteiger partial charge in [0.1, 0.15) is 5.82 Å². The summed E-state index contributed by atoms with van der Waals surface area (Å²) in [5.41, 5.74) is 1.41. The van der Waals surface area contributed by atoms with E-state index in [0.717, 1.165) is 5.56 Å². The molecular weight excluding hydrogens is 284 g/mol. The minimum Gasteiger partial charge on any atom is -0.481 e. The Morgan fingerprint density at radius 1 is 1.20 bits per heavy atom. The quantitative estimate of drug-likeness (QED) is 0.782. The monoisotopic (exact) mass is 294 g/mol. The molecule has 1 aromatic carbocycles. The lowest BCUT2D eigenvalue weighted by Gasteiger charge is -1.99. The molecule has 0 radical (unpaired) electrons. The van der Waals surface area contributed by atoms with E-state index in [2.05, 4.69) is 9.97 Å². The van der Waals surface area contributed by atoms with Crippen molar-refractivity contribution in [2.75, 3.05) is 0 Å².